The number of carbonyl (C=O) groups excluding carboxylic acids is 1. The lowest BCUT2D eigenvalue weighted by Crippen LogP contribution is -2.18. The zero-order valence-corrected chi connectivity index (χ0v) is 11.4. The minimum Gasteiger partial charge on any atom is -0.406 e. The molecule has 0 aliphatic carbocycles. The van der Waals surface area contributed by atoms with E-state index in [2.05, 4.69) is 4.74 Å². The summed E-state index contributed by atoms with van der Waals surface area (Å²) in [5.74, 6) is -0.404. The fourth-order valence-corrected chi connectivity index (χ4v) is 1.76. The molecule has 1 aromatic rings. The van der Waals surface area contributed by atoms with Gasteiger partial charge in [-0.05, 0) is 31.0 Å². The van der Waals surface area contributed by atoms with E-state index >= 15 is 0 Å². The van der Waals surface area contributed by atoms with Crippen LogP contribution in [0.3, 0.4) is 0 Å². The molecule has 0 heterocycles. The molecule has 0 spiro atoms. The molecule has 1 rings (SSSR count). The Morgan fingerprint density at radius 3 is 2.25 bits per heavy atom. The van der Waals surface area contributed by atoms with Gasteiger partial charge in [-0.25, -0.2) is 0 Å². The normalized spacial score (nSPS) is 13.1. The Morgan fingerprint density at radius 1 is 1.20 bits per heavy atom. The predicted octanol–water partition coefficient (Wildman–Crippen LogP) is 4.03. The SMILES string of the molecule is CCCC(=O)C(OCC)c1ccc(OC(F)(F)F)cc1. The zero-order chi connectivity index (χ0) is 15.2. The molecule has 3 nitrogen and oxygen atoms in total. The molecule has 1 aromatic carbocycles. The van der Waals surface area contributed by atoms with Crippen LogP contribution in [0.15, 0.2) is 24.3 Å². The molecule has 0 saturated heterocycles. The van der Waals surface area contributed by atoms with Crippen LogP contribution in [-0.4, -0.2) is 18.8 Å². The van der Waals surface area contributed by atoms with Gasteiger partial charge in [0.05, 0.1) is 0 Å². The lowest BCUT2D eigenvalue weighted by molar-refractivity contribution is -0.274. The largest absolute Gasteiger partial charge is 0.573 e. The summed E-state index contributed by atoms with van der Waals surface area (Å²) in [7, 11) is 0. The van der Waals surface area contributed by atoms with Crippen LogP contribution in [0.2, 0.25) is 0 Å². The Bertz CT molecular complexity index is 426. The first-order chi connectivity index (χ1) is 9.37. The Kier molecular flexibility index (Phi) is 6.01. The van der Waals surface area contributed by atoms with Gasteiger partial charge in [0.25, 0.3) is 0 Å². The average Bonchev–Trinajstić information content (AvgIpc) is 2.35. The molecule has 1 atom stereocenters. The van der Waals surface area contributed by atoms with E-state index in [1.807, 2.05) is 6.92 Å². The van der Waals surface area contributed by atoms with Crippen molar-refractivity contribution in [2.45, 2.75) is 39.2 Å². The van der Waals surface area contributed by atoms with Gasteiger partial charge < -0.3 is 9.47 Å². The van der Waals surface area contributed by atoms with Crippen LogP contribution < -0.4 is 4.74 Å². The molecule has 0 aliphatic rings. The van der Waals surface area contributed by atoms with E-state index in [0.717, 1.165) is 0 Å². The molecular formula is C14H17F3O3. The second kappa shape index (κ2) is 7.28. The van der Waals surface area contributed by atoms with Gasteiger partial charge in [0, 0.05) is 13.0 Å². The molecule has 20 heavy (non-hydrogen) atoms. The number of benzene rings is 1. The first-order valence-electron chi connectivity index (χ1n) is 6.37. The highest BCUT2D eigenvalue weighted by molar-refractivity contribution is 5.84. The van der Waals surface area contributed by atoms with Crippen LogP contribution in [0.4, 0.5) is 13.2 Å². The number of Topliss-reactive ketones (excluding diaryl/α,β-unsaturated/α-hetero) is 1. The molecule has 0 aromatic heterocycles. The number of hydrogen-bond donors (Lipinski definition) is 0. The molecule has 0 saturated carbocycles. The summed E-state index contributed by atoms with van der Waals surface area (Å²) in [5, 5.41) is 0. The molecule has 0 bridgehead atoms. The second-order valence-corrected chi connectivity index (χ2v) is 4.17. The summed E-state index contributed by atoms with van der Waals surface area (Å²) in [6.07, 6.45) is -4.40. The third kappa shape index (κ3) is 5.21. The van der Waals surface area contributed by atoms with Crippen molar-refractivity contribution in [3.63, 3.8) is 0 Å². The topological polar surface area (TPSA) is 35.5 Å². The van der Waals surface area contributed by atoms with Gasteiger partial charge in [0.2, 0.25) is 0 Å². The van der Waals surface area contributed by atoms with E-state index in [4.69, 9.17) is 4.74 Å². The van der Waals surface area contributed by atoms with E-state index in [0.29, 0.717) is 25.0 Å². The van der Waals surface area contributed by atoms with E-state index in [1.54, 1.807) is 6.92 Å². The first-order valence-corrected chi connectivity index (χ1v) is 6.37. The van der Waals surface area contributed by atoms with Crippen molar-refractivity contribution in [1.29, 1.82) is 0 Å². The van der Waals surface area contributed by atoms with Gasteiger partial charge in [0.1, 0.15) is 11.9 Å². The van der Waals surface area contributed by atoms with Gasteiger partial charge in [-0.2, -0.15) is 0 Å². The Labute approximate surface area is 115 Å². The van der Waals surface area contributed by atoms with Crippen LogP contribution in [0.5, 0.6) is 5.75 Å². The molecule has 0 fully saturated rings. The Hall–Kier alpha value is -1.56. The number of rotatable bonds is 7. The number of alkyl halides is 3. The van der Waals surface area contributed by atoms with Crippen molar-refractivity contribution in [3.8, 4) is 5.75 Å². The van der Waals surface area contributed by atoms with Crippen molar-refractivity contribution in [2.24, 2.45) is 0 Å². The van der Waals surface area contributed by atoms with Gasteiger partial charge in [0.15, 0.2) is 5.78 Å². The number of ether oxygens (including phenoxy) is 2. The average molecular weight is 290 g/mol. The van der Waals surface area contributed by atoms with Gasteiger partial charge in [-0.1, -0.05) is 19.1 Å². The highest BCUT2D eigenvalue weighted by Gasteiger charge is 2.31. The van der Waals surface area contributed by atoms with Crippen LogP contribution in [0.1, 0.15) is 38.4 Å². The van der Waals surface area contributed by atoms with Crippen molar-refractivity contribution in [3.05, 3.63) is 29.8 Å². The van der Waals surface area contributed by atoms with E-state index < -0.39 is 12.5 Å². The fourth-order valence-electron chi connectivity index (χ4n) is 1.76. The maximum Gasteiger partial charge on any atom is 0.573 e. The van der Waals surface area contributed by atoms with E-state index in [9.17, 15) is 18.0 Å². The van der Waals surface area contributed by atoms with Crippen molar-refractivity contribution < 1.29 is 27.4 Å². The Morgan fingerprint density at radius 2 is 1.80 bits per heavy atom. The molecule has 1 unspecified atom stereocenters. The monoisotopic (exact) mass is 290 g/mol. The van der Waals surface area contributed by atoms with E-state index in [-0.39, 0.29) is 11.5 Å². The maximum absolute atomic E-state index is 12.0. The number of hydrogen-bond acceptors (Lipinski definition) is 3. The smallest absolute Gasteiger partial charge is 0.406 e. The highest BCUT2D eigenvalue weighted by atomic mass is 19.4. The molecule has 0 amide bonds. The highest BCUT2D eigenvalue weighted by Crippen LogP contribution is 2.26. The lowest BCUT2D eigenvalue weighted by Gasteiger charge is -2.16. The standard InChI is InChI=1S/C14H17F3O3/c1-3-5-12(18)13(19-4-2)10-6-8-11(9-7-10)20-14(15,16)17/h6-9,13H,3-5H2,1-2H3. The second-order valence-electron chi connectivity index (χ2n) is 4.17. The summed E-state index contributed by atoms with van der Waals surface area (Å²) in [6, 6.07) is 5.17. The van der Waals surface area contributed by atoms with Gasteiger partial charge in [-0.3, -0.25) is 4.79 Å². The quantitative estimate of drug-likeness (QED) is 0.760. The lowest BCUT2D eigenvalue weighted by atomic mass is 10.0. The first kappa shape index (κ1) is 16.5. The van der Waals surface area contributed by atoms with Crippen LogP contribution in [0, 0.1) is 0 Å². The van der Waals surface area contributed by atoms with Crippen LogP contribution in [-0.2, 0) is 9.53 Å². The predicted molar refractivity (Wildman–Crippen MR) is 67.4 cm³/mol. The van der Waals surface area contributed by atoms with Gasteiger partial charge >= 0.3 is 6.36 Å². The molecule has 6 heteroatoms. The van der Waals surface area contributed by atoms with Crippen molar-refractivity contribution in [1.82, 2.24) is 0 Å². The third-order valence-electron chi connectivity index (χ3n) is 2.54. The minimum atomic E-state index is -4.72. The zero-order valence-electron chi connectivity index (χ0n) is 11.4. The fraction of sp³-hybridized carbons (Fsp3) is 0.500. The molecular weight excluding hydrogens is 273 g/mol. The molecule has 0 radical (unpaired) electrons. The van der Waals surface area contributed by atoms with E-state index in [1.165, 1.54) is 24.3 Å². The summed E-state index contributed by atoms with van der Waals surface area (Å²) >= 11 is 0. The molecule has 112 valence electrons. The van der Waals surface area contributed by atoms with Crippen molar-refractivity contribution >= 4 is 5.78 Å². The summed E-state index contributed by atoms with van der Waals surface area (Å²) in [6.45, 7) is 3.98. The van der Waals surface area contributed by atoms with Crippen LogP contribution >= 0.6 is 0 Å². The van der Waals surface area contributed by atoms with Gasteiger partial charge in [-0.15, -0.1) is 13.2 Å². The summed E-state index contributed by atoms with van der Waals surface area (Å²) < 4.78 is 45.3. The molecule has 0 N–H and O–H groups in total. The summed E-state index contributed by atoms with van der Waals surface area (Å²) in [4.78, 5) is 11.9. The number of ketones is 1. The summed E-state index contributed by atoms with van der Waals surface area (Å²) in [5.41, 5.74) is 0.528. The third-order valence-corrected chi connectivity index (χ3v) is 2.54. The Balaban J connectivity index is 2.85. The maximum atomic E-state index is 12.0. The van der Waals surface area contributed by atoms with Crippen LogP contribution in [0.25, 0.3) is 0 Å². The number of carbonyl (C=O) groups is 1. The minimum absolute atomic E-state index is 0.0844. The van der Waals surface area contributed by atoms with Crippen molar-refractivity contribution in [2.75, 3.05) is 6.61 Å². The molecule has 0 aliphatic heterocycles. The number of halogens is 3.